The van der Waals surface area contributed by atoms with Gasteiger partial charge in [-0.3, -0.25) is 19.4 Å². The van der Waals surface area contributed by atoms with Crippen molar-refractivity contribution < 1.29 is 14.3 Å². The molecule has 0 radical (unpaired) electrons. The van der Waals surface area contributed by atoms with Crippen molar-refractivity contribution in [3.63, 3.8) is 0 Å². The van der Waals surface area contributed by atoms with E-state index in [1.165, 1.54) is 0 Å². The summed E-state index contributed by atoms with van der Waals surface area (Å²) in [5.41, 5.74) is 1.46. The van der Waals surface area contributed by atoms with Gasteiger partial charge in [0.25, 0.3) is 0 Å². The van der Waals surface area contributed by atoms with E-state index in [-0.39, 0.29) is 24.4 Å². The highest BCUT2D eigenvalue weighted by molar-refractivity contribution is 6.11. The molecule has 3 rings (SSSR count). The molecule has 2 heterocycles. The van der Waals surface area contributed by atoms with Crippen molar-refractivity contribution in [1.82, 2.24) is 4.90 Å². The first-order chi connectivity index (χ1) is 10.2. The lowest BCUT2D eigenvalue weighted by atomic mass is 10.1. The molecule has 2 aliphatic rings. The van der Waals surface area contributed by atoms with E-state index in [9.17, 15) is 9.59 Å². The van der Waals surface area contributed by atoms with E-state index >= 15 is 0 Å². The van der Waals surface area contributed by atoms with Crippen LogP contribution in [-0.4, -0.2) is 55.6 Å². The van der Waals surface area contributed by atoms with Gasteiger partial charge in [-0.15, -0.1) is 0 Å². The van der Waals surface area contributed by atoms with Gasteiger partial charge in [-0.1, -0.05) is 12.1 Å². The number of hydrogen-bond donors (Lipinski definition) is 1. The molecule has 2 amide bonds. The van der Waals surface area contributed by atoms with Gasteiger partial charge in [0.2, 0.25) is 11.8 Å². The van der Waals surface area contributed by atoms with E-state index in [0.29, 0.717) is 18.9 Å². The third kappa shape index (κ3) is 2.77. The van der Waals surface area contributed by atoms with Crippen molar-refractivity contribution in [2.24, 2.45) is 0 Å². The smallest absolute Gasteiger partial charge is 0.244 e. The molecular formula is C15H19N3O3. The van der Waals surface area contributed by atoms with E-state index in [1.54, 1.807) is 4.90 Å². The van der Waals surface area contributed by atoms with Gasteiger partial charge in [-0.25, -0.2) is 0 Å². The molecule has 1 aromatic carbocycles. The summed E-state index contributed by atoms with van der Waals surface area (Å²) in [6, 6.07) is 7.13. The molecule has 0 aromatic heterocycles. The summed E-state index contributed by atoms with van der Waals surface area (Å²) >= 11 is 0. The Kier molecular flexibility index (Phi) is 3.90. The number of benzene rings is 1. The van der Waals surface area contributed by atoms with Crippen LogP contribution in [0.25, 0.3) is 0 Å². The summed E-state index contributed by atoms with van der Waals surface area (Å²) in [7, 11) is 0. The van der Waals surface area contributed by atoms with Crippen LogP contribution in [0.3, 0.4) is 0 Å². The second-order valence-corrected chi connectivity index (χ2v) is 5.31. The van der Waals surface area contributed by atoms with Crippen LogP contribution in [0.15, 0.2) is 24.3 Å². The van der Waals surface area contributed by atoms with Crippen LogP contribution in [-0.2, 0) is 14.3 Å². The predicted molar refractivity (Wildman–Crippen MR) is 79.3 cm³/mol. The van der Waals surface area contributed by atoms with E-state index in [1.807, 2.05) is 31.2 Å². The summed E-state index contributed by atoms with van der Waals surface area (Å²) in [6.45, 7) is 4.75. The average molecular weight is 289 g/mol. The number of para-hydroxylation sites is 2. The first-order valence-corrected chi connectivity index (χ1v) is 7.19. The maximum atomic E-state index is 12.8. The second kappa shape index (κ2) is 5.83. The molecule has 112 valence electrons. The number of hydrogen-bond acceptors (Lipinski definition) is 4. The Morgan fingerprint density at radius 1 is 1.29 bits per heavy atom. The summed E-state index contributed by atoms with van der Waals surface area (Å²) in [5, 5.41) is 2.80. The zero-order valence-electron chi connectivity index (χ0n) is 12.0. The number of morpholine rings is 1. The monoisotopic (exact) mass is 289 g/mol. The normalized spacial score (nSPS) is 20.6. The van der Waals surface area contributed by atoms with Crippen LogP contribution in [0.4, 0.5) is 11.4 Å². The van der Waals surface area contributed by atoms with Gasteiger partial charge >= 0.3 is 0 Å². The highest BCUT2D eigenvalue weighted by Gasteiger charge is 2.32. The number of nitrogens with zero attached hydrogens (tertiary/aromatic N) is 2. The SMILES string of the molecule is C[C@H](C(=O)N1CC(=O)Nc2ccccc21)N1CCOCC1. The summed E-state index contributed by atoms with van der Waals surface area (Å²) in [4.78, 5) is 28.2. The fourth-order valence-corrected chi connectivity index (χ4v) is 2.78. The summed E-state index contributed by atoms with van der Waals surface area (Å²) in [5.74, 6) is -0.199. The maximum absolute atomic E-state index is 12.8. The number of anilines is 2. The Balaban J connectivity index is 1.82. The molecule has 21 heavy (non-hydrogen) atoms. The number of carbonyl (C=O) groups excluding carboxylic acids is 2. The molecule has 0 aliphatic carbocycles. The Bertz CT molecular complexity index is 555. The van der Waals surface area contributed by atoms with Gasteiger partial charge in [0, 0.05) is 13.1 Å². The molecule has 1 aromatic rings. The van der Waals surface area contributed by atoms with E-state index in [0.717, 1.165) is 18.8 Å². The molecule has 0 bridgehead atoms. The average Bonchev–Trinajstić information content (AvgIpc) is 2.53. The third-order valence-corrected chi connectivity index (χ3v) is 3.99. The van der Waals surface area contributed by atoms with Gasteiger partial charge in [0.1, 0.15) is 6.54 Å². The zero-order valence-corrected chi connectivity index (χ0v) is 12.0. The molecule has 0 unspecified atom stereocenters. The Morgan fingerprint density at radius 2 is 2.00 bits per heavy atom. The number of carbonyl (C=O) groups is 2. The molecule has 1 saturated heterocycles. The van der Waals surface area contributed by atoms with E-state index < -0.39 is 0 Å². The molecule has 1 fully saturated rings. The van der Waals surface area contributed by atoms with Crippen LogP contribution in [0.5, 0.6) is 0 Å². The lowest BCUT2D eigenvalue weighted by Gasteiger charge is -2.36. The summed E-state index contributed by atoms with van der Waals surface area (Å²) in [6.07, 6.45) is 0. The Hall–Kier alpha value is -1.92. The lowest BCUT2D eigenvalue weighted by molar-refractivity contribution is -0.126. The van der Waals surface area contributed by atoms with E-state index in [2.05, 4.69) is 10.2 Å². The van der Waals surface area contributed by atoms with Crippen LogP contribution in [0, 0.1) is 0 Å². The second-order valence-electron chi connectivity index (χ2n) is 5.31. The molecule has 6 nitrogen and oxygen atoms in total. The van der Waals surface area contributed by atoms with Gasteiger partial charge in [-0.2, -0.15) is 0 Å². The topological polar surface area (TPSA) is 61.9 Å². The number of fused-ring (bicyclic) bond motifs is 1. The maximum Gasteiger partial charge on any atom is 0.244 e. The number of rotatable bonds is 2. The Morgan fingerprint density at radius 3 is 2.76 bits per heavy atom. The van der Waals surface area contributed by atoms with Crippen molar-refractivity contribution in [2.45, 2.75) is 13.0 Å². The minimum atomic E-state index is -0.257. The van der Waals surface area contributed by atoms with E-state index in [4.69, 9.17) is 4.74 Å². The summed E-state index contributed by atoms with van der Waals surface area (Å²) < 4.78 is 5.32. The fraction of sp³-hybridized carbons (Fsp3) is 0.467. The van der Waals surface area contributed by atoms with Crippen molar-refractivity contribution >= 4 is 23.2 Å². The molecule has 6 heteroatoms. The Labute approximate surface area is 123 Å². The first kappa shape index (κ1) is 14.0. The van der Waals surface area contributed by atoms with Gasteiger partial charge in [0.15, 0.2) is 0 Å². The highest BCUT2D eigenvalue weighted by atomic mass is 16.5. The van der Waals surface area contributed by atoms with Gasteiger partial charge < -0.3 is 10.1 Å². The first-order valence-electron chi connectivity index (χ1n) is 7.19. The highest BCUT2D eigenvalue weighted by Crippen LogP contribution is 2.29. The van der Waals surface area contributed by atoms with Crippen molar-refractivity contribution in [1.29, 1.82) is 0 Å². The molecule has 2 aliphatic heterocycles. The van der Waals surface area contributed by atoms with Crippen LogP contribution >= 0.6 is 0 Å². The lowest BCUT2D eigenvalue weighted by Crippen LogP contribution is -2.53. The number of nitrogens with one attached hydrogen (secondary N) is 1. The quantitative estimate of drug-likeness (QED) is 0.870. The van der Waals surface area contributed by atoms with Crippen molar-refractivity contribution in [3.05, 3.63) is 24.3 Å². The number of ether oxygens (including phenoxy) is 1. The van der Waals surface area contributed by atoms with Crippen LogP contribution < -0.4 is 10.2 Å². The van der Waals surface area contributed by atoms with Crippen LogP contribution in [0.2, 0.25) is 0 Å². The van der Waals surface area contributed by atoms with Gasteiger partial charge in [-0.05, 0) is 19.1 Å². The minimum absolute atomic E-state index is 0.0424. The standard InChI is InChI=1S/C15H19N3O3/c1-11(17-6-8-21-9-7-17)15(20)18-10-14(19)16-12-4-2-3-5-13(12)18/h2-5,11H,6-10H2,1H3,(H,16,19)/t11-/m1/s1. The minimum Gasteiger partial charge on any atom is -0.379 e. The fourth-order valence-electron chi connectivity index (χ4n) is 2.78. The largest absolute Gasteiger partial charge is 0.379 e. The molecule has 1 atom stereocenters. The molecule has 0 saturated carbocycles. The molecule has 1 N–H and O–H groups in total. The molecule has 0 spiro atoms. The predicted octanol–water partition coefficient (Wildman–Crippen LogP) is 0.692. The van der Waals surface area contributed by atoms with Crippen LogP contribution in [0.1, 0.15) is 6.92 Å². The van der Waals surface area contributed by atoms with Gasteiger partial charge in [0.05, 0.1) is 30.6 Å². The molecular weight excluding hydrogens is 270 g/mol. The van der Waals surface area contributed by atoms with Crippen molar-refractivity contribution in [3.8, 4) is 0 Å². The number of amides is 2. The van der Waals surface area contributed by atoms with Crippen molar-refractivity contribution in [2.75, 3.05) is 43.1 Å². The zero-order chi connectivity index (χ0) is 14.8. The third-order valence-electron chi connectivity index (χ3n) is 3.99.